The minimum atomic E-state index is -0.886. The number of rotatable bonds is 4. The van der Waals surface area contributed by atoms with Crippen molar-refractivity contribution in [2.45, 2.75) is 71.3 Å². The standard InChI is InChI=1S/C14H26O3/c1-11(2)13(3,17)10-14(12(15)16)8-6-4-5-7-9-14/h11,17H,4-10H2,1-3H3,(H,15,16). The monoisotopic (exact) mass is 242 g/mol. The minimum absolute atomic E-state index is 0.0852. The third-order valence-corrected chi connectivity index (χ3v) is 4.45. The molecule has 0 bridgehead atoms. The first kappa shape index (κ1) is 14.5. The molecule has 0 aromatic heterocycles. The number of aliphatic hydroxyl groups is 1. The summed E-state index contributed by atoms with van der Waals surface area (Å²) >= 11 is 0. The molecule has 0 aromatic carbocycles. The molecule has 0 aromatic rings. The van der Waals surface area contributed by atoms with Crippen LogP contribution in [-0.2, 0) is 4.79 Å². The van der Waals surface area contributed by atoms with Gasteiger partial charge < -0.3 is 10.2 Å². The van der Waals surface area contributed by atoms with E-state index in [9.17, 15) is 15.0 Å². The molecule has 0 heterocycles. The molecule has 1 saturated carbocycles. The Bertz CT molecular complexity index is 261. The molecule has 1 aliphatic carbocycles. The van der Waals surface area contributed by atoms with Gasteiger partial charge in [0.1, 0.15) is 0 Å². The average Bonchev–Trinajstić information content (AvgIpc) is 2.43. The van der Waals surface area contributed by atoms with Crippen molar-refractivity contribution >= 4 is 5.97 Å². The first-order valence-corrected chi connectivity index (χ1v) is 6.76. The van der Waals surface area contributed by atoms with E-state index in [1.54, 1.807) is 6.92 Å². The van der Waals surface area contributed by atoms with Crippen LogP contribution in [0, 0.1) is 11.3 Å². The summed E-state index contributed by atoms with van der Waals surface area (Å²) in [6, 6.07) is 0. The largest absolute Gasteiger partial charge is 0.481 e. The molecule has 0 aliphatic heterocycles. The maximum Gasteiger partial charge on any atom is 0.309 e. The lowest BCUT2D eigenvalue weighted by atomic mass is 9.70. The van der Waals surface area contributed by atoms with Crippen LogP contribution in [0.25, 0.3) is 0 Å². The van der Waals surface area contributed by atoms with Crippen molar-refractivity contribution in [3.63, 3.8) is 0 Å². The van der Waals surface area contributed by atoms with Crippen LogP contribution >= 0.6 is 0 Å². The highest BCUT2D eigenvalue weighted by atomic mass is 16.4. The van der Waals surface area contributed by atoms with Gasteiger partial charge in [0.05, 0.1) is 11.0 Å². The van der Waals surface area contributed by atoms with E-state index in [0.717, 1.165) is 25.7 Å². The van der Waals surface area contributed by atoms with Crippen molar-refractivity contribution in [2.75, 3.05) is 0 Å². The summed E-state index contributed by atoms with van der Waals surface area (Å²) in [4.78, 5) is 11.6. The lowest BCUT2D eigenvalue weighted by Crippen LogP contribution is -2.42. The topological polar surface area (TPSA) is 57.5 Å². The second kappa shape index (κ2) is 5.38. The molecule has 1 fully saturated rings. The Morgan fingerprint density at radius 1 is 1.24 bits per heavy atom. The van der Waals surface area contributed by atoms with Crippen molar-refractivity contribution in [3.8, 4) is 0 Å². The van der Waals surface area contributed by atoms with E-state index in [1.807, 2.05) is 13.8 Å². The van der Waals surface area contributed by atoms with E-state index < -0.39 is 17.0 Å². The number of hydrogen-bond acceptors (Lipinski definition) is 2. The summed E-state index contributed by atoms with van der Waals surface area (Å²) < 4.78 is 0. The Morgan fingerprint density at radius 3 is 2.06 bits per heavy atom. The molecule has 0 radical (unpaired) electrons. The van der Waals surface area contributed by atoms with Crippen LogP contribution in [0.3, 0.4) is 0 Å². The lowest BCUT2D eigenvalue weighted by Gasteiger charge is -2.38. The highest BCUT2D eigenvalue weighted by Gasteiger charge is 2.44. The van der Waals surface area contributed by atoms with Crippen molar-refractivity contribution in [2.24, 2.45) is 11.3 Å². The number of carbonyl (C=O) groups is 1. The second-order valence-corrected chi connectivity index (χ2v) is 6.19. The number of carboxylic acids is 1. The first-order chi connectivity index (χ1) is 7.80. The lowest BCUT2D eigenvalue weighted by molar-refractivity contribution is -0.155. The molecule has 1 rings (SSSR count). The highest BCUT2D eigenvalue weighted by Crippen LogP contribution is 2.43. The summed E-state index contributed by atoms with van der Waals surface area (Å²) in [5.74, 6) is -0.637. The molecule has 1 aliphatic rings. The zero-order valence-electron chi connectivity index (χ0n) is 11.3. The average molecular weight is 242 g/mol. The van der Waals surface area contributed by atoms with Gasteiger partial charge in [-0.3, -0.25) is 4.79 Å². The quantitative estimate of drug-likeness (QED) is 0.744. The molecule has 0 saturated heterocycles. The first-order valence-electron chi connectivity index (χ1n) is 6.76. The van der Waals surface area contributed by atoms with Gasteiger partial charge in [0.15, 0.2) is 0 Å². The Balaban J connectivity index is 2.88. The van der Waals surface area contributed by atoms with Gasteiger partial charge in [0.25, 0.3) is 0 Å². The molecule has 1 atom stereocenters. The van der Waals surface area contributed by atoms with Crippen LogP contribution in [0.15, 0.2) is 0 Å². The molecule has 100 valence electrons. The van der Waals surface area contributed by atoms with E-state index in [-0.39, 0.29) is 5.92 Å². The molecular weight excluding hydrogens is 216 g/mol. The van der Waals surface area contributed by atoms with Crippen molar-refractivity contribution in [3.05, 3.63) is 0 Å². The maximum absolute atomic E-state index is 11.6. The Kier molecular flexibility index (Phi) is 4.59. The van der Waals surface area contributed by atoms with Crippen LogP contribution < -0.4 is 0 Å². The number of hydrogen-bond donors (Lipinski definition) is 2. The van der Waals surface area contributed by atoms with E-state index in [4.69, 9.17) is 0 Å². The Hall–Kier alpha value is -0.570. The summed E-state index contributed by atoms with van der Waals surface area (Å²) in [6.45, 7) is 5.67. The highest BCUT2D eigenvalue weighted by molar-refractivity contribution is 5.74. The SMILES string of the molecule is CC(C)C(C)(O)CC1(C(=O)O)CCCCCC1. The second-order valence-electron chi connectivity index (χ2n) is 6.19. The maximum atomic E-state index is 11.6. The predicted octanol–water partition coefficient (Wildman–Crippen LogP) is 3.21. The van der Waals surface area contributed by atoms with Gasteiger partial charge in [-0.2, -0.15) is 0 Å². The van der Waals surface area contributed by atoms with Gasteiger partial charge in [0, 0.05) is 0 Å². The van der Waals surface area contributed by atoms with E-state index in [2.05, 4.69) is 0 Å². The Labute approximate surface area is 104 Å². The molecule has 17 heavy (non-hydrogen) atoms. The molecule has 0 amide bonds. The summed E-state index contributed by atoms with van der Waals surface area (Å²) in [5, 5.41) is 19.9. The smallest absolute Gasteiger partial charge is 0.309 e. The number of carboxylic acid groups (broad SMARTS) is 1. The summed E-state index contributed by atoms with van der Waals surface area (Å²) in [7, 11) is 0. The van der Waals surface area contributed by atoms with Gasteiger partial charge in [-0.05, 0) is 32.1 Å². The Morgan fingerprint density at radius 2 is 1.71 bits per heavy atom. The summed E-state index contributed by atoms with van der Waals surface area (Å²) in [5.41, 5.74) is -1.59. The van der Waals surface area contributed by atoms with Gasteiger partial charge >= 0.3 is 5.97 Å². The van der Waals surface area contributed by atoms with Gasteiger partial charge in [-0.25, -0.2) is 0 Å². The molecule has 2 N–H and O–H groups in total. The van der Waals surface area contributed by atoms with Crippen LogP contribution in [-0.4, -0.2) is 21.8 Å². The molecular formula is C14H26O3. The summed E-state index contributed by atoms with van der Waals surface area (Å²) in [6.07, 6.45) is 6.00. The van der Waals surface area contributed by atoms with Gasteiger partial charge in [-0.15, -0.1) is 0 Å². The van der Waals surface area contributed by atoms with E-state index in [1.165, 1.54) is 0 Å². The third-order valence-electron chi connectivity index (χ3n) is 4.45. The number of aliphatic carboxylic acids is 1. The normalized spacial score (nSPS) is 24.1. The fourth-order valence-electron chi connectivity index (χ4n) is 2.76. The fourth-order valence-corrected chi connectivity index (χ4v) is 2.76. The van der Waals surface area contributed by atoms with Gasteiger partial charge in [0.2, 0.25) is 0 Å². The zero-order valence-corrected chi connectivity index (χ0v) is 11.3. The van der Waals surface area contributed by atoms with Crippen LogP contribution in [0.4, 0.5) is 0 Å². The minimum Gasteiger partial charge on any atom is -0.481 e. The zero-order chi connectivity index (χ0) is 13.1. The van der Waals surface area contributed by atoms with Crippen LogP contribution in [0.1, 0.15) is 65.7 Å². The molecule has 3 heteroatoms. The molecule has 0 spiro atoms. The van der Waals surface area contributed by atoms with Crippen molar-refractivity contribution < 1.29 is 15.0 Å². The van der Waals surface area contributed by atoms with Crippen LogP contribution in [0.5, 0.6) is 0 Å². The fraction of sp³-hybridized carbons (Fsp3) is 0.929. The predicted molar refractivity (Wildman–Crippen MR) is 67.8 cm³/mol. The molecule has 3 nitrogen and oxygen atoms in total. The molecule has 1 unspecified atom stereocenters. The van der Waals surface area contributed by atoms with Crippen molar-refractivity contribution in [1.29, 1.82) is 0 Å². The van der Waals surface area contributed by atoms with Crippen LogP contribution in [0.2, 0.25) is 0 Å². The van der Waals surface area contributed by atoms with E-state index in [0.29, 0.717) is 19.3 Å². The van der Waals surface area contributed by atoms with Crippen molar-refractivity contribution in [1.82, 2.24) is 0 Å². The van der Waals surface area contributed by atoms with Gasteiger partial charge in [-0.1, -0.05) is 39.5 Å². The van der Waals surface area contributed by atoms with E-state index >= 15 is 0 Å². The third kappa shape index (κ3) is 3.44.